The molecule has 1 heterocycles. The molecular weight excluding hydrogens is 544 g/mol. The Morgan fingerprint density at radius 2 is 1.65 bits per heavy atom. The Morgan fingerprint density at radius 3 is 2.30 bits per heavy atom. The van der Waals surface area contributed by atoms with E-state index in [0.29, 0.717) is 13.0 Å². The minimum absolute atomic E-state index is 0.0574. The fourth-order valence-corrected chi connectivity index (χ4v) is 6.06. The molecule has 0 aromatic heterocycles. The Hall–Kier alpha value is -4.37. The molecule has 1 aliphatic heterocycles. The predicted molar refractivity (Wildman–Crippen MR) is 167 cm³/mol. The number of esters is 1. The molecule has 0 saturated heterocycles. The molecular formula is C34H40N4O5. The molecule has 5 rings (SSSR count). The molecule has 1 aliphatic carbocycles. The maximum atomic E-state index is 12.4. The first-order chi connectivity index (χ1) is 20.5. The highest BCUT2D eigenvalue weighted by molar-refractivity contribution is 5.93. The molecule has 43 heavy (non-hydrogen) atoms. The van der Waals surface area contributed by atoms with Crippen molar-refractivity contribution in [3.05, 3.63) is 81.9 Å². The molecule has 0 radical (unpaired) electrons. The highest BCUT2D eigenvalue weighted by atomic mass is 16.7. The summed E-state index contributed by atoms with van der Waals surface area (Å²) in [5.41, 5.74) is 15.4. The summed E-state index contributed by atoms with van der Waals surface area (Å²) in [7, 11) is 0. The maximum Gasteiger partial charge on any atom is 0.516 e. The molecule has 0 fully saturated rings. The van der Waals surface area contributed by atoms with Gasteiger partial charge in [0.25, 0.3) is 0 Å². The minimum atomic E-state index is -1.06. The van der Waals surface area contributed by atoms with Crippen LogP contribution in [0.1, 0.15) is 66.0 Å². The van der Waals surface area contributed by atoms with E-state index in [9.17, 15) is 9.59 Å². The second-order valence-corrected chi connectivity index (χ2v) is 12.0. The summed E-state index contributed by atoms with van der Waals surface area (Å²) >= 11 is 0. The third kappa shape index (κ3) is 6.22. The second-order valence-electron chi connectivity index (χ2n) is 12.0. The first-order valence-corrected chi connectivity index (χ1v) is 14.7. The molecule has 0 spiro atoms. The van der Waals surface area contributed by atoms with Gasteiger partial charge in [-0.15, -0.1) is 0 Å². The Balaban J connectivity index is 1.06. The smallest absolute Gasteiger partial charge is 0.487 e. The van der Waals surface area contributed by atoms with Crippen LogP contribution in [0.2, 0.25) is 0 Å². The molecule has 9 nitrogen and oxygen atoms in total. The summed E-state index contributed by atoms with van der Waals surface area (Å²) < 4.78 is 16.4. The average molecular weight is 585 g/mol. The van der Waals surface area contributed by atoms with Crippen molar-refractivity contribution in [3.8, 4) is 16.9 Å². The fraction of sp³-hybridized carbons (Fsp3) is 0.382. The van der Waals surface area contributed by atoms with E-state index >= 15 is 0 Å². The van der Waals surface area contributed by atoms with Gasteiger partial charge < -0.3 is 30.6 Å². The van der Waals surface area contributed by atoms with Gasteiger partial charge in [0.1, 0.15) is 24.0 Å². The van der Waals surface area contributed by atoms with Crippen molar-refractivity contribution in [2.45, 2.75) is 71.4 Å². The number of carbonyl (C=O) groups excluding carboxylic acids is 2. The summed E-state index contributed by atoms with van der Waals surface area (Å²) in [5.74, 6) is 0.130. The SMILES string of the molecule is Cc1c(C)c2c(c(C)c1NC(=N)NCCC[C@H](N)C(=O)OC(=O)OCC1c3ccccc3-c3ccccc31)CC(C)(C)O2. The Kier molecular flexibility index (Phi) is 8.46. The standard InChI is InChI=1S/C34H40N4O5/c1-19-20(2)30-26(17-34(4,5)43-30)21(3)29(19)38-32(36)37-16-10-15-28(35)31(39)42-33(40)41-18-27-24-13-8-6-11-22(24)23-12-7-9-14-25(23)27/h6-9,11-14,27-28H,10,15-18,35H2,1-5H3,(H3,36,37,38)/t28-/m0/s1. The van der Waals surface area contributed by atoms with Gasteiger partial charge in [-0.3, -0.25) is 5.41 Å². The zero-order valence-electron chi connectivity index (χ0n) is 25.4. The molecule has 9 heteroatoms. The number of benzene rings is 3. The lowest BCUT2D eigenvalue weighted by Gasteiger charge is -2.20. The van der Waals surface area contributed by atoms with Gasteiger partial charge in [-0.2, -0.15) is 0 Å². The van der Waals surface area contributed by atoms with E-state index < -0.39 is 18.2 Å². The van der Waals surface area contributed by atoms with E-state index in [1.54, 1.807) is 0 Å². The number of fused-ring (bicyclic) bond motifs is 4. The lowest BCUT2D eigenvalue weighted by Crippen LogP contribution is -2.36. The molecule has 0 bridgehead atoms. The lowest BCUT2D eigenvalue weighted by molar-refractivity contribution is -0.141. The maximum absolute atomic E-state index is 12.4. The van der Waals surface area contributed by atoms with Crippen LogP contribution in [0.3, 0.4) is 0 Å². The van der Waals surface area contributed by atoms with E-state index in [1.165, 1.54) is 5.56 Å². The number of nitrogens with one attached hydrogen (secondary N) is 3. The number of hydrogen-bond donors (Lipinski definition) is 4. The zero-order valence-corrected chi connectivity index (χ0v) is 25.4. The van der Waals surface area contributed by atoms with Crippen LogP contribution in [0.25, 0.3) is 11.1 Å². The van der Waals surface area contributed by atoms with E-state index in [-0.39, 0.29) is 30.5 Å². The first-order valence-electron chi connectivity index (χ1n) is 14.7. The normalized spacial score (nSPS) is 15.0. The summed E-state index contributed by atoms with van der Waals surface area (Å²) in [6.45, 7) is 10.7. The second kappa shape index (κ2) is 12.1. The summed E-state index contributed by atoms with van der Waals surface area (Å²) in [6.07, 6.45) is 0.525. The van der Waals surface area contributed by atoms with Crippen LogP contribution >= 0.6 is 0 Å². The molecule has 5 N–H and O–H groups in total. The number of carbonyl (C=O) groups is 2. The van der Waals surface area contributed by atoms with Crippen LogP contribution < -0.4 is 21.1 Å². The van der Waals surface area contributed by atoms with Crippen molar-refractivity contribution >= 4 is 23.8 Å². The van der Waals surface area contributed by atoms with Crippen molar-refractivity contribution in [1.29, 1.82) is 5.41 Å². The monoisotopic (exact) mass is 584 g/mol. The Morgan fingerprint density at radius 1 is 1.02 bits per heavy atom. The highest BCUT2D eigenvalue weighted by Gasteiger charge is 2.34. The van der Waals surface area contributed by atoms with Gasteiger partial charge in [-0.1, -0.05) is 48.5 Å². The summed E-state index contributed by atoms with van der Waals surface area (Å²) in [4.78, 5) is 24.8. The van der Waals surface area contributed by atoms with Gasteiger partial charge >= 0.3 is 12.1 Å². The van der Waals surface area contributed by atoms with Crippen LogP contribution in [0.5, 0.6) is 5.75 Å². The molecule has 3 aromatic carbocycles. The molecule has 1 atom stereocenters. The molecule has 0 unspecified atom stereocenters. The van der Waals surface area contributed by atoms with Gasteiger partial charge in [0, 0.05) is 30.1 Å². The third-order valence-corrected chi connectivity index (χ3v) is 8.42. The zero-order chi connectivity index (χ0) is 30.9. The van der Waals surface area contributed by atoms with Crippen molar-refractivity contribution < 1.29 is 23.8 Å². The summed E-state index contributed by atoms with van der Waals surface area (Å²) in [5, 5.41) is 14.6. The topological polar surface area (TPSA) is 136 Å². The van der Waals surface area contributed by atoms with Crippen LogP contribution in [0.4, 0.5) is 10.5 Å². The van der Waals surface area contributed by atoms with E-state index in [2.05, 4.69) is 24.5 Å². The number of nitrogens with two attached hydrogens (primary N) is 1. The minimum Gasteiger partial charge on any atom is -0.487 e. The van der Waals surface area contributed by atoms with Gasteiger partial charge in [0.05, 0.1) is 0 Å². The average Bonchev–Trinajstić information content (AvgIpc) is 3.49. The van der Waals surface area contributed by atoms with Gasteiger partial charge in [-0.25, -0.2) is 9.59 Å². The number of ether oxygens (including phenoxy) is 3. The number of anilines is 1. The van der Waals surface area contributed by atoms with Crippen molar-refractivity contribution in [2.24, 2.45) is 5.73 Å². The quantitative estimate of drug-likeness (QED) is 0.0850. The Bertz CT molecular complexity index is 1540. The van der Waals surface area contributed by atoms with Crippen LogP contribution in [-0.4, -0.2) is 42.9 Å². The largest absolute Gasteiger partial charge is 0.516 e. The predicted octanol–water partition coefficient (Wildman–Crippen LogP) is 5.86. The molecule has 3 aromatic rings. The molecule has 0 saturated carbocycles. The van der Waals surface area contributed by atoms with Gasteiger partial charge in [-0.05, 0) is 86.4 Å². The lowest BCUT2D eigenvalue weighted by atomic mass is 9.92. The molecule has 2 aliphatic rings. The summed E-state index contributed by atoms with van der Waals surface area (Å²) in [6, 6.07) is 15.0. The fourth-order valence-electron chi connectivity index (χ4n) is 6.06. The molecule has 226 valence electrons. The van der Waals surface area contributed by atoms with E-state index in [1.807, 2.05) is 69.3 Å². The van der Waals surface area contributed by atoms with Crippen molar-refractivity contribution in [2.75, 3.05) is 18.5 Å². The van der Waals surface area contributed by atoms with Crippen LogP contribution in [-0.2, 0) is 20.7 Å². The first kappa shape index (κ1) is 30.1. The van der Waals surface area contributed by atoms with Gasteiger partial charge in [0.15, 0.2) is 5.96 Å². The van der Waals surface area contributed by atoms with E-state index in [4.69, 9.17) is 25.4 Å². The van der Waals surface area contributed by atoms with Crippen LogP contribution in [0, 0.1) is 26.2 Å². The van der Waals surface area contributed by atoms with Crippen molar-refractivity contribution in [1.82, 2.24) is 5.32 Å². The van der Waals surface area contributed by atoms with E-state index in [0.717, 1.165) is 56.8 Å². The Labute approximate surface area is 252 Å². The number of rotatable bonds is 8. The molecule has 0 amide bonds. The highest BCUT2D eigenvalue weighted by Crippen LogP contribution is 2.45. The third-order valence-electron chi connectivity index (χ3n) is 8.42. The van der Waals surface area contributed by atoms with Crippen LogP contribution in [0.15, 0.2) is 48.5 Å². The number of guanidine groups is 1. The van der Waals surface area contributed by atoms with Gasteiger partial charge in [0.2, 0.25) is 0 Å². The number of hydrogen-bond acceptors (Lipinski definition) is 7. The van der Waals surface area contributed by atoms with Crippen molar-refractivity contribution in [3.63, 3.8) is 0 Å².